The quantitative estimate of drug-likeness (QED) is 0.821. The second-order valence-electron chi connectivity index (χ2n) is 4.42. The first-order valence-electron chi connectivity index (χ1n) is 5.94. The number of hydrogen-bond acceptors (Lipinski definition) is 4. The van der Waals surface area contributed by atoms with E-state index in [1.54, 1.807) is 13.8 Å². The maximum atomic E-state index is 11.6. The number of benzene rings is 1. The number of hydrogen-bond donors (Lipinski definition) is 1. The molecule has 18 heavy (non-hydrogen) atoms. The Morgan fingerprint density at radius 1 is 1.22 bits per heavy atom. The van der Waals surface area contributed by atoms with Gasteiger partial charge in [-0.2, -0.15) is 0 Å². The molecule has 1 aromatic carbocycles. The Bertz CT molecular complexity index is 480. The molecule has 0 saturated heterocycles. The zero-order valence-electron chi connectivity index (χ0n) is 10.7. The fraction of sp³-hybridized carbons (Fsp3) is 0.462. The summed E-state index contributed by atoms with van der Waals surface area (Å²) in [7, 11) is -3.12. The third-order valence-electron chi connectivity index (χ3n) is 2.65. The van der Waals surface area contributed by atoms with Gasteiger partial charge in [0, 0.05) is 12.1 Å². The molecule has 4 nitrogen and oxygen atoms in total. The Kier molecular flexibility index (Phi) is 5.34. The lowest BCUT2D eigenvalue weighted by Gasteiger charge is -2.08. The third-order valence-corrected chi connectivity index (χ3v) is 4.86. The molecule has 0 atom stereocenters. The van der Waals surface area contributed by atoms with E-state index in [1.165, 1.54) is 0 Å². The second-order valence-corrected chi connectivity index (χ2v) is 7.10. The Labute approximate surface area is 108 Å². The van der Waals surface area contributed by atoms with E-state index in [0.29, 0.717) is 0 Å². The molecule has 0 radical (unpaired) electrons. The molecule has 1 aromatic rings. The lowest BCUT2D eigenvalue weighted by atomic mass is 10.3. The predicted molar refractivity (Wildman–Crippen MR) is 73.5 cm³/mol. The van der Waals surface area contributed by atoms with Crippen molar-refractivity contribution in [1.29, 1.82) is 0 Å². The van der Waals surface area contributed by atoms with Crippen LogP contribution in [0.5, 0.6) is 0 Å². The van der Waals surface area contributed by atoms with Crippen LogP contribution in [0.4, 0.5) is 5.69 Å². The van der Waals surface area contributed by atoms with Crippen LogP contribution in [0, 0.1) is 0 Å². The maximum absolute atomic E-state index is 11.6. The second kappa shape index (κ2) is 6.54. The van der Waals surface area contributed by atoms with Gasteiger partial charge in [0.2, 0.25) is 0 Å². The Morgan fingerprint density at radius 2 is 1.83 bits per heavy atom. The zero-order valence-corrected chi connectivity index (χ0v) is 11.5. The van der Waals surface area contributed by atoms with Crippen LogP contribution in [0.15, 0.2) is 30.3 Å². The highest BCUT2D eigenvalue weighted by atomic mass is 32.2. The fourth-order valence-electron chi connectivity index (χ4n) is 1.34. The highest BCUT2D eigenvalue weighted by Crippen LogP contribution is 2.06. The van der Waals surface area contributed by atoms with E-state index >= 15 is 0 Å². The van der Waals surface area contributed by atoms with E-state index < -0.39 is 15.1 Å². The molecule has 0 amide bonds. The van der Waals surface area contributed by atoms with E-state index in [4.69, 9.17) is 0 Å². The lowest BCUT2D eigenvalue weighted by molar-refractivity contribution is -0.117. The molecular weight excluding hydrogens is 250 g/mol. The van der Waals surface area contributed by atoms with Gasteiger partial charge in [-0.1, -0.05) is 18.2 Å². The van der Waals surface area contributed by atoms with Gasteiger partial charge in [-0.3, -0.25) is 4.79 Å². The van der Waals surface area contributed by atoms with Crippen molar-refractivity contribution in [3.63, 3.8) is 0 Å². The SMILES string of the molecule is CC(C)S(=O)(=O)CCC(=O)CNc1ccccc1. The van der Waals surface area contributed by atoms with Gasteiger partial charge in [-0.05, 0) is 26.0 Å². The molecule has 0 saturated carbocycles. The summed E-state index contributed by atoms with van der Waals surface area (Å²) in [6, 6.07) is 9.35. The minimum Gasteiger partial charge on any atom is -0.378 e. The van der Waals surface area contributed by atoms with Crippen molar-refractivity contribution in [2.24, 2.45) is 0 Å². The molecule has 0 aliphatic heterocycles. The van der Waals surface area contributed by atoms with E-state index in [1.807, 2.05) is 30.3 Å². The molecule has 0 aromatic heterocycles. The average Bonchev–Trinajstić information content (AvgIpc) is 2.35. The summed E-state index contributed by atoms with van der Waals surface area (Å²) in [6.45, 7) is 3.42. The zero-order chi connectivity index (χ0) is 13.6. The molecule has 0 fully saturated rings. The number of Topliss-reactive ketones (excluding diaryl/α,β-unsaturated/α-hetero) is 1. The number of anilines is 1. The molecule has 1 rings (SSSR count). The minimum absolute atomic E-state index is 0.0695. The topological polar surface area (TPSA) is 63.2 Å². The highest BCUT2D eigenvalue weighted by molar-refractivity contribution is 7.91. The number of carbonyl (C=O) groups is 1. The molecule has 5 heteroatoms. The van der Waals surface area contributed by atoms with Crippen molar-refractivity contribution in [2.45, 2.75) is 25.5 Å². The number of sulfone groups is 1. The largest absolute Gasteiger partial charge is 0.378 e. The Hall–Kier alpha value is -1.36. The van der Waals surface area contributed by atoms with Crippen molar-refractivity contribution < 1.29 is 13.2 Å². The van der Waals surface area contributed by atoms with Gasteiger partial charge >= 0.3 is 0 Å². The first-order valence-corrected chi connectivity index (χ1v) is 7.65. The van der Waals surface area contributed by atoms with E-state index in [-0.39, 0.29) is 24.5 Å². The number of carbonyl (C=O) groups excluding carboxylic acids is 1. The van der Waals surface area contributed by atoms with Crippen LogP contribution in [0.1, 0.15) is 20.3 Å². The standard InChI is InChI=1S/C13H19NO3S/c1-11(2)18(16,17)9-8-13(15)10-14-12-6-4-3-5-7-12/h3-7,11,14H,8-10H2,1-2H3. The van der Waals surface area contributed by atoms with E-state index in [0.717, 1.165) is 5.69 Å². The van der Waals surface area contributed by atoms with Crippen LogP contribution in [-0.4, -0.2) is 31.7 Å². The minimum atomic E-state index is -3.12. The summed E-state index contributed by atoms with van der Waals surface area (Å²) in [5.74, 6) is -0.164. The van der Waals surface area contributed by atoms with Gasteiger partial charge < -0.3 is 5.32 Å². The smallest absolute Gasteiger partial charge is 0.153 e. The fourth-order valence-corrected chi connectivity index (χ4v) is 2.32. The van der Waals surface area contributed by atoms with Gasteiger partial charge in [0.1, 0.15) is 0 Å². The molecular formula is C13H19NO3S. The lowest BCUT2D eigenvalue weighted by Crippen LogP contribution is -2.22. The molecule has 0 heterocycles. The van der Waals surface area contributed by atoms with Crippen molar-refractivity contribution in [3.8, 4) is 0 Å². The van der Waals surface area contributed by atoms with E-state index in [2.05, 4.69) is 5.32 Å². The van der Waals surface area contributed by atoms with Crippen molar-refractivity contribution in [1.82, 2.24) is 0 Å². The molecule has 0 bridgehead atoms. The Balaban J connectivity index is 2.35. The van der Waals surface area contributed by atoms with Crippen LogP contribution in [0.2, 0.25) is 0 Å². The number of rotatable bonds is 7. The van der Waals surface area contributed by atoms with E-state index in [9.17, 15) is 13.2 Å². The number of nitrogens with one attached hydrogen (secondary N) is 1. The Morgan fingerprint density at radius 3 is 2.39 bits per heavy atom. The summed E-state index contributed by atoms with van der Waals surface area (Å²) in [4.78, 5) is 11.6. The van der Waals surface area contributed by atoms with Gasteiger partial charge in [0.25, 0.3) is 0 Å². The van der Waals surface area contributed by atoms with Crippen LogP contribution < -0.4 is 5.32 Å². The van der Waals surface area contributed by atoms with Crippen LogP contribution >= 0.6 is 0 Å². The van der Waals surface area contributed by atoms with Gasteiger partial charge in [0.05, 0.1) is 17.5 Å². The third kappa shape index (κ3) is 4.87. The summed E-state index contributed by atoms with van der Waals surface area (Å²) in [5, 5.41) is 2.54. The normalized spacial score (nSPS) is 11.5. The summed E-state index contributed by atoms with van der Waals surface area (Å²) in [5.41, 5.74) is 0.859. The first-order chi connectivity index (χ1) is 8.42. The predicted octanol–water partition coefficient (Wildman–Crippen LogP) is 1.88. The summed E-state index contributed by atoms with van der Waals surface area (Å²) < 4.78 is 23.1. The number of ketones is 1. The van der Waals surface area contributed by atoms with Gasteiger partial charge in [0.15, 0.2) is 15.6 Å². The average molecular weight is 269 g/mol. The molecule has 0 unspecified atom stereocenters. The van der Waals surface area contributed by atoms with Crippen LogP contribution in [-0.2, 0) is 14.6 Å². The van der Waals surface area contributed by atoms with Crippen LogP contribution in [0.3, 0.4) is 0 Å². The molecule has 100 valence electrons. The van der Waals surface area contributed by atoms with Gasteiger partial charge in [-0.25, -0.2) is 8.42 Å². The number of para-hydroxylation sites is 1. The maximum Gasteiger partial charge on any atom is 0.153 e. The summed E-state index contributed by atoms with van der Waals surface area (Å²) >= 11 is 0. The molecule has 1 N–H and O–H groups in total. The van der Waals surface area contributed by atoms with Crippen molar-refractivity contribution in [3.05, 3.63) is 30.3 Å². The highest BCUT2D eigenvalue weighted by Gasteiger charge is 2.17. The van der Waals surface area contributed by atoms with Crippen molar-refractivity contribution >= 4 is 21.3 Å². The van der Waals surface area contributed by atoms with Crippen molar-refractivity contribution in [2.75, 3.05) is 17.6 Å². The monoisotopic (exact) mass is 269 g/mol. The molecule has 0 aliphatic carbocycles. The first kappa shape index (κ1) is 14.7. The molecule has 0 aliphatic rings. The molecule has 0 spiro atoms. The van der Waals surface area contributed by atoms with Gasteiger partial charge in [-0.15, -0.1) is 0 Å². The summed E-state index contributed by atoms with van der Waals surface area (Å²) in [6.07, 6.45) is 0.0698. The van der Waals surface area contributed by atoms with Crippen LogP contribution in [0.25, 0.3) is 0 Å².